The van der Waals surface area contributed by atoms with Gasteiger partial charge in [-0.3, -0.25) is 9.59 Å². The summed E-state index contributed by atoms with van der Waals surface area (Å²) in [6.45, 7) is 11.1. The Morgan fingerprint density at radius 2 is 1.67 bits per heavy atom. The Morgan fingerprint density at radius 3 is 2.29 bits per heavy atom. The Morgan fingerprint density at radius 1 is 1.02 bits per heavy atom. The SMILES string of the molecule is CC(C)(C)[Si](C)(C)O[C@@]12C(=O)c3c(OCc4ccccc4)noc3[C@@H](N)[C@@H]1C[C@@H]1Cc3c(F)c(C4CCCN4)cc(OCc4ccccc4)c3C(=O)C1=C2O. The molecule has 5 atom stereocenters. The van der Waals surface area contributed by atoms with Crippen molar-refractivity contribution in [3.63, 3.8) is 0 Å². The minimum absolute atomic E-state index is 0.0146. The number of carbonyl (C=O) groups is 2. The van der Waals surface area contributed by atoms with E-state index < -0.39 is 60.0 Å². The highest BCUT2D eigenvalue weighted by atomic mass is 28.4. The van der Waals surface area contributed by atoms with Crippen LogP contribution in [0.15, 0.2) is 82.6 Å². The molecule has 1 saturated heterocycles. The molecule has 2 heterocycles. The Kier molecular flexibility index (Phi) is 9.39. The maximum absolute atomic E-state index is 16.8. The van der Waals surface area contributed by atoms with Gasteiger partial charge in [0.25, 0.3) is 5.88 Å². The van der Waals surface area contributed by atoms with Gasteiger partial charge in [-0.05, 0) is 78.6 Å². The second-order valence-electron chi connectivity index (χ2n) is 16.8. The third-order valence-electron chi connectivity index (χ3n) is 12.5. The van der Waals surface area contributed by atoms with Crippen LogP contribution in [0.1, 0.15) is 101 Å². The van der Waals surface area contributed by atoms with E-state index in [1.807, 2.05) is 94.5 Å². The molecule has 1 aromatic heterocycles. The van der Waals surface area contributed by atoms with Crippen LogP contribution in [0.4, 0.5) is 4.39 Å². The lowest BCUT2D eigenvalue weighted by atomic mass is 9.59. The number of ether oxygens (including phenoxy) is 2. The summed E-state index contributed by atoms with van der Waals surface area (Å²) < 4.78 is 42.1. The molecule has 1 unspecified atom stereocenters. The van der Waals surface area contributed by atoms with Crippen molar-refractivity contribution in [2.45, 2.75) is 95.5 Å². The summed E-state index contributed by atoms with van der Waals surface area (Å²) in [6, 6.07) is 19.4. The standard InChI is InChI=1S/C43H48FN3O7Si/c1-42(2,3)55(4,5)54-43-29(36(45)38-34(40(43)50)41(47-53-38)52-23-25-15-10-7-11-16-25)20-26-19-28-33(37(48)32(26)39(43)49)31(51-22-24-13-8-6-9-14-24)21-27(35(28)44)30-17-12-18-46-30/h6-11,13-16,21,26,29-30,36,46,49H,12,17-20,22-23,45H2,1-5H3/t26-,29-,30?,36-,43-/m0/s1. The molecule has 55 heavy (non-hydrogen) atoms. The van der Waals surface area contributed by atoms with Gasteiger partial charge in [0.15, 0.2) is 25.5 Å². The van der Waals surface area contributed by atoms with Crippen LogP contribution in [0, 0.1) is 17.7 Å². The fourth-order valence-corrected chi connectivity index (χ4v) is 9.99. The van der Waals surface area contributed by atoms with Gasteiger partial charge in [0.1, 0.15) is 36.1 Å². The topological polar surface area (TPSA) is 146 Å². The molecular weight excluding hydrogens is 718 g/mol. The van der Waals surface area contributed by atoms with Crippen molar-refractivity contribution in [1.82, 2.24) is 10.5 Å². The number of allylic oxidation sites excluding steroid dienone is 1. The number of halogens is 1. The molecule has 288 valence electrons. The van der Waals surface area contributed by atoms with E-state index in [1.165, 1.54) is 0 Å². The van der Waals surface area contributed by atoms with E-state index >= 15 is 14.0 Å². The van der Waals surface area contributed by atoms with Gasteiger partial charge in [-0.15, -0.1) is 0 Å². The number of Topliss-reactive ketones (excluding diaryl/α,β-unsaturated/α-hetero) is 2. The zero-order chi connectivity index (χ0) is 38.9. The smallest absolute Gasteiger partial charge is 0.265 e. The number of nitrogens with one attached hydrogen (secondary N) is 1. The number of carbonyl (C=O) groups excluding carboxylic acids is 2. The molecule has 0 amide bonds. The third kappa shape index (κ3) is 6.14. The molecule has 3 aliphatic carbocycles. The number of nitrogens with two attached hydrogens (primary N) is 1. The maximum Gasteiger partial charge on any atom is 0.265 e. The number of hydrogen-bond acceptors (Lipinski definition) is 10. The van der Waals surface area contributed by atoms with Crippen LogP contribution in [-0.2, 0) is 24.1 Å². The second-order valence-corrected chi connectivity index (χ2v) is 21.6. The largest absolute Gasteiger partial charge is 0.508 e. The lowest BCUT2D eigenvalue weighted by molar-refractivity contribution is -0.0273. The molecule has 4 aliphatic rings. The van der Waals surface area contributed by atoms with E-state index in [9.17, 15) is 5.11 Å². The van der Waals surface area contributed by atoms with E-state index in [-0.39, 0.29) is 71.8 Å². The second kappa shape index (κ2) is 13.8. The fourth-order valence-electron chi connectivity index (χ4n) is 8.54. The predicted octanol–water partition coefficient (Wildman–Crippen LogP) is 8.24. The number of aliphatic hydroxyl groups excluding tert-OH is 1. The molecule has 3 aromatic carbocycles. The summed E-state index contributed by atoms with van der Waals surface area (Å²) in [7, 11) is -2.92. The molecule has 12 heteroatoms. The van der Waals surface area contributed by atoms with Gasteiger partial charge in [-0.2, -0.15) is 0 Å². The molecule has 0 radical (unpaired) electrons. The van der Waals surface area contributed by atoms with Crippen LogP contribution in [-0.4, -0.2) is 42.3 Å². The first kappa shape index (κ1) is 37.3. The van der Waals surface area contributed by atoms with Gasteiger partial charge in [0, 0.05) is 28.7 Å². The number of nitrogens with zero attached hydrogens (tertiary/aromatic N) is 1. The van der Waals surface area contributed by atoms with Crippen molar-refractivity contribution >= 4 is 19.9 Å². The highest BCUT2D eigenvalue weighted by molar-refractivity contribution is 6.74. The highest BCUT2D eigenvalue weighted by Gasteiger charge is 2.66. The Labute approximate surface area is 321 Å². The van der Waals surface area contributed by atoms with Crippen molar-refractivity contribution in [2.24, 2.45) is 17.6 Å². The molecule has 1 aliphatic heterocycles. The molecule has 0 bridgehead atoms. The number of hydrogen-bond donors (Lipinski definition) is 3. The van der Waals surface area contributed by atoms with E-state index in [4.69, 9.17) is 24.2 Å². The molecule has 10 nitrogen and oxygen atoms in total. The number of ketones is 2. The first-order valence-corrected chi connectivity index (χ1v) is 22.0. The van der Waals surface area contributed by atoms with Crippen molar-refractivity contribution in [2.75, 3.05) is 6.54 Å². The minimum Gasteiger partial charge on any atom is -0.508 e. The van der Waals surface area contributed by atoms with Crippen molar-refractivity contribution in [1.29, 1.82) is 0 Å². The third-order valence-corrected chi connectivity index (χ3v) is 16.9. The molecule has 0 saturated carbocycles. The van der Waals surface area contributed by atoms with Gasteiger partial charge in [-0.1, -0.05) is 81.4 Å². The Hall–Kier alpha value is -4.62. The van der Waals surface area contributed by atoms with Gasteiger partial charge in [-0.25, -0.2) is 4.39 Å². The van der Waals surface area contributed by atoms with Crippen LogP contribution in [0.3, 0.4) is 0 Å². The lowest BCUT2D eigenvalue weighted by Crippen LogP contribution is -2.64. The summed E-state index contributed by atoms with van der Waals surface area (Å²) in [5, 5.41) is 19.9. The molecule has 4 N–H and O–H groups in total. The normalized spacial score (nSPS) is 24.9. The summed E-state index contributed by atoms with van der Waals surface area (Å²) in [4.78, 5) is 30.3. The fraction of sp³-hybridized carbons (Fsp3) is 0.419. The summed E-state index contributed by atoms with van der Waals surface area (Å²) in [5.74, 6) is -3.40. The average Bonchev–Trinajstić information content (AvgIpc) is 3.85. The number of aromatic nitrogens is 1. The summed E-state index contributed by atoms with van der Waals surface area (Å²) >= 11 is 0. The number of benzene rings is 3. The van der Waals surface area contributed by atoms with E-state index in [2.05, 4.69) is 10.5 Å². The van der Waals surface area contributed by atoms with Crippen molar-refractivity contribution in [3.05, 3.63) is 123 Å². The Bertz CT molecular complexity index is 2180. The molecular formula is C43H48FN3O7Si. The van der Waals surface area contributed by atoms with Crippen LogP contribution < -0.4 is 20.5 Å². The zero-order valence-corrected chi connectivity index (χ0v) is 32.9. The van der Waals surface area contributed by atoms with E-state index in [0.717, 1.165) is 30.5 Å². The van der Waals surface area contributed by atoms with Gasteiger partial charge in [0.05, 0.1) is 11.6 Å². The van der Waals surface area contributed by atoms with Gasteiger partial charge >= 0.3 is 0 Å². The number of aliphatic hydroxyl groups is 1. The zero-order valence-electron chi connectivity index (χ0n) is 31.9. The maximum atomic E-state index is 16.8. The summed E-state index contributed by atoms with van der Waals surface area (Å²) in [5.41, 5.74) is 7.46. The number of rotatable bonds is 9. The first-order chi connectivity index (χ1) is 26.2. The monoisotopic (exact) mass is 765 g/mol. The van der Waals surface area contributed by atoms with Crippen molar-refractivity contribution in [3.8, 4) is 11.6 Å². The minimum atomic E-state index is -2.92. The van der Waals surface area contributed by atoms with Crippen molar-refractivity contribution < 1.29 is 37.5 Å². The lowest BCUT2D eigenvalue weighted by Gasteiger charge is -2.53. The average molecular weight is 766 g/mol. The highest BCUT2D eigenvalue weighted by Crippen LogP contribution is 2.58. The predicted molar refractivity (Wildman–Crippen MR) is 206 cm³/mol. The van der Waals surface area contributed by atoms with Crippen LogP contribution in [0.5, 0.6) is 11.6 Å². The molecule has 8 rings (SSSR count). The van der Waals surface area contributed by atoms with E-state index in [1.54, 1.807) is 6.07 Å². The van der Waals surface area contributed by atoms with Gasteiger partial charge < -0.3 is 34.6 Å². The Balaban J connectivity index is 1.28. The van der Waals surface area contributed by atoms with Crippen LogP contribution in [0.2, 0.25) is 18.1 Å². The molecule has 4 aromatic rings. The van der Waals surface area contributed by atoms with Crippen LogP contribution >= 0.6 is 0 Å². The molecule has 1 fully saturated rings. The number of fused-ring (bicyclic) bond motifs is 4. The molecule has 0 spiro atoms. The van der Waals surface area contributed by atoms with Crippen LogP contribution in [0.25, 0.3) is 0 Å². The summed E-state index contributed by atoms with van der Waals surface area (Å²) in [6.07, 6.45) is 1.89. The van der Waals surface area contributed by atoms with E-state index in [0.29, 0.717) is 5.56 Å². The van der Waals surface area contributed by atoms with Gasteiger partial charge in [0.2, 0.25) is 5.78 Å². The quantitative estimate of drug-likeness (QED) is 0.142. The first-order valence-electron chi connectivity index (χ1n) is 19.1.